The highest BCUT2D eigenvalue weighted by Crippen LogP contribution is 2.35. The molecular formula is C16H13ClN2OS. The van der Waals surface area contributed by atoms with E-state index >= 15 is 0 Å². The molecule has 21 heavy (non-hydrogen) atoms. The number of carbonyl (C=O) groups is 1. The number of halogens is 1. The van der Waals surface area contributed by atoms with Crippen LogP contribution in [0, 0.1) is 5.92 Å². The zero-order valence-electron chi connectivity index (χ0n) is 11.3. The van der Waals surface area contributed by atoms with Crippen molar-refractivity contribution in [2.75, 3.05) is 5.01 Å². The SMILES string of the molecule is O=C1CC2CCc3sccc3C2=NN1c1ccc(Cl)cc1. The number of amides is 1. The lowest BCUT2D eigenvalue weighted by atomic mass is 9.83. The number of aryl methyl sites for hydroxylation is 1. The van der Waals surface area contributed by atoms with E-state index in [1.54, 1.807) is 23.5 Å². The number of thiophene rings is 1. The minimum atomic E-state index is 0.0600. The third-order valence-corrected chi connectivity index (χ3v) is 5.30. The summed E-state index contributed by atoms with van der Waals surface area (Å²) in [6.07, 6.45) is 2.62. The van der Waals surface area contributed by atoms with Crippen LogP contribution < -0.4 is 5.01 Å². The molecule has 2 aliphatic rings. The third-order valence-electron chi connectivity index (χ3n) is 4.06. The lowest BCUT2D eigenvalue weighted by Gasteiger charge is -2.32. The maximum absolute atomic E-state index is 12.4. The van der Waals surface area contributed by atoms with E-state index in [-0.39, 0.29) is 11.8 Å². The van der Waals surface area contributed by atoms with Gasteiger partial charge in [0.1, 0.15) is 0 Å². The predicted molar refractivity (Wildman–Crippen MR) is 86.2 cm³/mol. The molecule has 0 saturated heterocycles. The van der Waals surface area contributed by atoms with Crippen molar-refractivity contribution in [1.82, 2.24) is 0 Å². The second-order valence-electron chi connectivity index (χ2n) is 5.36. The zero-order chi connectivity index (χ0) is 14.4. The normalized spacial score (nSPS) is 20.8. The molecule has 0 fully saturated rings. The van der Waals surface area contributed by atoms with Gasteiger partial charge >= 0.3 is 0 Å². The Balaban J connectivity index is 1.79. The highest BCUT2D eigenvalue weighted by atomic mass is 35.5. The molecule has 1 aliphatic heterocycles. The summed E-state index contributed by atoms with van der Waals surface area (Å²) in [4.78, 5) is 13.8. The Labute approximate surface area is 131 Å². The summed E-state index contributed by atoms with van der Waals surface area (Å²) in [5.41, 5.74) is 3.06. The smallest absolute Gasteiger partial charge is 0.248 e. The molecule has 1 aliphatic carbocycles. The maximum Gasteiger partial charge on any atom is 0.248 e. The molecule has 2 heterocycles. The van der Waals surface area contributed by atoms with E-state index in [2.05, 4.69) is 16.5 Å². The van der Waals surface area contributed by atoms with Gasteiger partial charge in [-0.3, -0.25) is 4.79 Å². The van der Waals surface area contributed by atoms with Crippen LogP contribution in [-0.4, -0.2) is 11.6 Å². The van der Waals surface area contributed by atoms with Crippen molar-refractivity contribution in [2.45, 2.75) is 19.3 Å². The predicted octanol–water partition coefficient (Wildman–Crippen LogP) is 4.10. The molecule has 0 bridgehead atoms. The Hall–Kier alpha value is -1.65. The minimum absolute atomic E-state index is 0.0600. The van der Waals surface area contributed by atoms with E-state index in [1.807, 2.05) is 12.1 Å². The van der Waals surface area contributed by atoms with E-state index in [0.29, 0.717) is 11.4 Å². The first-order chi connectivity index (χ1) is 10.2. The van der Waals surface area contributed by atoms with Crippen LogP contribution >= 0.6 is 22.9 Å². The van der Waals surface area contributed by atoms with Crippen molar-refractivity contribution < 1.29 is 4.79 Å². The van der Waals surface area contributed by atoms with Crippen LogP contribution in [0.15, 0.2) is 40.8 Å². The van der Waals surface area contributed by atoms with Crippen molar-refractivity contribution in [3.05, 3.63) is 51.2 Å². The summed E-state index contributed by atoms with van der Waals surface area (Å²) in [6, 6.07) is 9.37. The lowest BCUT2D eigenvalue weighted by Crippen LogP contribution is -2.39. The molecule has 1 atom stereocenters. The van der Waals surface area contributed by atoms with E-state index < -0.39 is 0 Å². The van der Waals surface area contributed by atoms with Gasteiger partial charge in [0, 0.05) is 27.8 Å². The molecule has 1 unspecified atom stereocenters. The number of hydrazone groups is 1. The molecule has 0 N–H and O–H groups in total. The van der Waals surface area contributed by atoms with Gasteiger partial charge in [-0.25, -0.2) is 5.01 Å². The first-order valence-electron chi connectivity index (χ1n) is 6.96. The summed E-state index contributed by atoms with van der Waals surface area (Å²) in [5, 5.41) is 8.95. The van der Waals surface area contributed by atoms with Crippen LogP contribution in [0.3, 0.4) is 0 Å². The highest BCUT2D eigenvalue weighted by molar-refractivity contribution is 7.10. The Morgan fingerprint density at radius 1 is 1.24 bits per heavy atom. The summed E-state index contributed by atoms with van der Waals surface area (Å²) in [5.74, 6) is 0.327. The van der Waals surface area contributed by atoms with Crippen molar-refractivity contribution in [3.8, 4) is 0 Å². The number of fused-ring (bicyclic) bond motifs is 3. The zero-order valence-corrected chi connectivity index (χ0v) is 12.8. The second kappa shape index (κ2) is 4.97. The molecule has 1 amide bonds. The van der Waals surface area contributed by atoms with Crippen molar-refractivity contribution in [1.29, 1.82) is 0 Å². The summed E-state index contributed by atoms with van der Waals surface area (Å²) < 4.78 is 0. The van der Waals surface area contributed by atoms with Crippen LogP contribution in [0.25, 0.3) is 0 Å². The van der Waals surface area contributed by atoms with Gasteiger partial charge in [-0.2, -0.15) is 5.10 Å². The molecule has 0 saturated carbocycles. The summed E-state index contributed by atoms with van der Waals surface area (Å²) >= 11 is 7.69. The number of benzene rings is 1. The van der Waals surface area contributed by atoms with Gasteiger partial charge in [-0.05, 0) is 48.6 Å². The fraction of sp³-hybridized carbons (Fsp3) is 0.250. The second-order valence-corrected chi connectivity index (χ2v) is 6.80. The number of hydrogen-bond donors (Lipinski definition) is 0. The van der Waals surface area contributed by atoms with Crippen molar-refractivity contribution in [3.63, 3.8) is 0 Å². The molecule has 0 spiro atoms. The van der Waals surface area contributed by atoms with Gasteiger partial charge < -0.3 is 0 Å². The number of hydrogen-bond acceptors (Lipinski definition) is 3. The molecule has 4 rings (SSSR count). The van der Waals surface area contributed by atoms with Gasteiger partial charge in [-0.1, -0.05) is 11.6 Å². The van der Waals surface area contributed by atoms with Gasteiger partial charge in [0.25, 0.3) is 0 Å². The van der Waals surface area contributed by atoms with E-state index in [0.717, 1.165) is 24.2 Å². The number of rotatable bonds is 1. The van der Waals surface area contributed by atoms with E-state index in [9.17, 15) is 4.79 Å². The average molecular weight is 317 g/mol. The molecule has 5 heteroatoms. The molecule has 0 radical (unpaired) electrons. The third kappa shape index (κ3) is 2.19. The molecular weight excluding hydrogens is 304 g/mol. The Morgan fingerprint density at radius 3 is 2.86 bits per heavy atom. The summed E-state index contributed by atoms with van der Waals surface area (Å²) in [7, 11) is 0. The van der Waals surface area contributed by atoms with Gasteiger partial charge in [0.2, 0.25) is 5.91 Å². The molecule has 1 aromatic heterocycles. The van der Waals surface area contributed by atoms with Crippen LogP contribution in [0.4, 0.5) is 5.69 Å². The number of nitrogens with zero attached hydrogens (tertiary/aromatic N) is 2. The largest absolute Gasteiger partial charge is 0.273 e. The van der Waals surface area contributed by atoms with Crippen LogP contribution in [0.5, 0.6) is 0 Å². The quantitative estimate of drug-likeness (QED) is 0.779. The standard InChI is InChI=1S/C16H13ClN2OS/c17-11-2-4-12(5-3-11)19-15(20)9-10-1-6-14-13(7-8-21-14)16(10)18-19/h2-5,7-8,10H,1,6,9H2. The molecule has 106 valence electrons. The van der Waals surface area contributed by atoms with Crippen molar-refractivity contribution in [2.24, 2.45) is 11.0 Å². The first kappa shape index (κ1) is 13.0. The van der Waals surface area contributed by atoms with Gasteiger partial charge in [0.05, 0.1) is 11.4 Å². The average Bonchev–Trinajstić information content (AvgIpc) is 2.96. The molecule has 3 nitrogen and oxygen atoms in total. The summed E-state index contributed by atoms with van der Waals surface area (Å²) in [6.45, 7) is 0. The monoisotopic (exact) mass is 316 g/mol. The fourth-order valence-corrected chi connectivity index (χ4v) is 4.03. The fourth-order valence-electron chi connectivity index (χ4n) is 3.00. The van der Waals surface area contributed by atoms with E-state index in [1.165, 1.54) is 15.4 Å². The molecule has 1 aromatic carbocycles. The molecule has 2 aromatic rings. The van der Waals surface area contributed by atoms with Crippen molar-refractivity contribution >= 4 is 40.2 Å². The van der Waals surface area contributed by atoms with E-state index in [4.69, 9.17) is 11.6 Å². The highest BCUT2D eigenvalue weighted by Gasteiger charge is 2.34. The Bertz CT molecular complexity index is 735. The van der Waals surface area contributed by atoms with Crippen LogP contribution in [0.1, 0.15) is 23.3 Å². The number of carbonyl (C=O) groups excluding carboxylic acids is 1. The minimum Gasteiger partial charge on any atom is -0.273 e. The topological polar surface area (TPSA) is 32.7 Å². The van der Waals surface area contributed by atoms with Gasteiger partial charge in [-0.15, -0.1) is 11.3 Å². The maximum atomic E-state index is 12.4. The van der Waals surface area contributed by atoms with Crippen LogP contribution in [-0.2, 0) is 11.2 Å². The first-order valence-corrected chi connectivity index (χ1v) is 8.22. The Morgan fingerprint density at radius 2 is 2.05 bits per heavy atom. The van der Waals surface area contributed by atoms with Gasteiger partial charge in [0.15, 0.2) is 0 Å². The Kier molecular flexibility index (Phi) is 3.08. The van der Waals surface area contributed by atoms with Crippen LogP contribution in [0.2, 0.25) is 5.02 Å². The number of anilines is 1. The lowest BCUT2D eigenvalue weighted by molar-refractivity contribution is -0.119.